The van der Waals surface area contributed by atoms with E-state index < -0.39 is 0 Å². The van der Waals surface area contributed by atoms with Crippen molar-refractivity contribution in [2.75, 3.05) is 0 Å². The van der Waals surface area contributed by atoms with Crippen LogP contribution < -0.4 is 0 Å². The van der Waals surface area contributed by atoms with Crippen molar-refractivity contribution in [1.82, 2.24) is 0 Å². The number of hydrogen-bond donors (Lipinski definition) is 1. The maximum atomic E-state index is 7.37. The number of nitrogens with one attached hydrogen (secondary N) is 1. The zero-order valence-corrected chi connectivity index (χ0v) is 13.3. The van der Waals surface area contributed by atoms with Crippen LogP contribution in [0.25, 0.3) is 0 Å². The van der Waals surface area contributed by atoms with Gasteiger partial charge in [-0.2, -0.15) is 0 Å². The normalized spacial score (nSPS) is 12.9. The molecule has 0 spiro atoms. The van der Waals surface area contributed by atoms with E-state index in [1.54, 1.807) is 0 Å². The van der Waals surface area contributed by atoms with Crippen molar-refractivity contribution in [3.8, 4) is 0 Å². The maximum Gasteiger partial charge on any atom is 0.0247 e. The largest absolute Gasteiger partial charge is 0.308 e. The summed E-state index contributed by atoms with van der Waals surface area (Å²) in [6, 6.07) is 0. The number of rotatable bonds is 10. The van der Waals surface area contributed by atoms with Gasteiger partial charge in [0, 0.05) is 6.21 Å². The van der Waals surface area contributed by atoms with Gasteiger partial charge in [-0.1, -0.05) is 51.7 Å². The highest BCUT2D eigenvalue weighted by Crippen LogP contribution is 2.22. The van der Waals surface area contributed by atoms with Crippen molar-refractivity contribution in [3.63, 3.8) is 0 Å². The van der Waals surface area contributed by atoms with Crippen LogP contribution in [0.15, 0.2) is 60.3 Å². The zero-order chi connectivity index (χ0) is 15.5. The van der Waals surface area contributed by atoms with Crippen molar-refractivity contribution >= 4 is 6.21 Å². The SMILES string of the molecule is C=CC/C(=C/C(CCCC(C)C)=C(/C)C=C)C(=C)C=N. The molecule has 0 fully saturated rings. The fraction of sp³-hybridized carbons (Fsp3) is 0.421. The van der Waals surface area contributed by atoms with Crippen LogP contribution in [0.5, 0.6) is 0 Å². The van der Waals surface area contributed by atoms with Gasteiger partial charge in [-0.05, 0) is 54.4 Å². The Morgan fingerprint density at radius 3 is 2.35 bits per heavy atom. The molecule has 0 rings (SSSR count). The Balaban J connectivity index is 5.20. The van der Waals surface area contributed by atoms with E-state index >= 15 is 0 Å². The summed E-state index contributed by atoms with van der Waals surface area (Å²) in [6.45, 7) is 18.2. The third-order valence-electron chi connectivity index (χ3n) is 3.34. The van der Waals surface area contributed by atoms with Crippen molar-refractivity contribution in [1.29, 1.82) is 5.41 Å². The van der Waals surface area contributed by atoms with E-state index in [9.17, 15) is 0 Å². The smallest absolute Gasteiger partial charge is 0.0247 e. The molecule has 0 aromatic rings. The second kappa shape index (κ2) is 10.2. The molecule has 1 heteroatoms. The van der Waals surface area contributed by atoms with Gasteiger partial charge < -0.3 is 5.41 Å². The summed E-state index contributed by atoms with van der Waals surface area (Å²) < 4.78 is 0. The second-order valence-corrected chi connectivity index (χ2v) is 5.53. The predicted octanol–water partition coefficient (Wildman–Crippen LogP) is 6.02. The highest BCUT2D eigenvalue weighted by atomic mass is 14.3. The molecule has 0 aliphatic carbocycles. The van der Waals surface area contributed by atoms with Crippen molar-refractivity contribution in [2.24, 2.45) is 5.92 Å². The fourth-order valence-electron chi connectivity index (χ4n) is 1.96. The summed E-state index contributed by atoms with van der Waals surface area (Å²) >= 11 is 0. The molecule has 1 N–H and O–H groups in total. The third kappa shape index (κ3) is 7.08. The molecule has 20 heavy (non-hydrogen) atoms. The lowest BCUT2D eigenvalue weighted by Gasteiger charge is -2.11. The summed E-state index contributed by atoms with van der Waals surface area (Å²) in [7, 11) is 0. The summed E-state index contributed by atoms with van der Waals surface area (Å²) in [6.07, 6.45) is 11.4. The first-order valence-electron chi connectivity index (χ1n) is 7.29. The number of allylic oxidation sites excluding steroid dienone is 7. The van der Waals surface area contributed by atoms with Gasteiger partial charge in [-0.15, -0.1) is 6.58 Å². The molecule has 0 atom stereocenters. The molecule has 0 aliphatic heterocycles. The van der Waals surface area contributed by atoms with Crippen LogP contribution >= 0.6 is 0 Å². The van der Waals surface area contributed by atoms with Gasteiger partial charge in [0.05, 0.1) is 0 Å². The predicted molar refractivity (Wildman–Crippen MR) is 92.4 cm³/mol. The van der Waals surface area contributed by atoms with Crippen LogP contribution in [0.3, 0.4) is 0 Å². The summed E-state index contributed by atoms with van der Waals surface area (Å²) in [5, 5.41) is 7.37. The topological polar surface area (TPSA) is 23.9 Å². The first-order chi connectivity index (χ1) is 9.46. The van der Waals surface area contributed by atoms with Gasteiger partial charge in [0.1, 0.15) is 0 Å². The minimum absolute atomic E-state index is 0.730. The summed E-state index contributed by atoms with van der Waals surface area (Å²) in [4.78, 5) is 0. The quantitative estimate of drug-likeness (QED) is 0.285. The molecule has 0 saturated carbocycles. The van der Waals surface area contributed by atoms with Crippen molar-refractivity contribution in [2.45, 2.75) is 46.5 Å². The van der Waals surface area contributed by atoms with Crippen LogP contribution in [-0.2, 0) is 0 Å². The molecule has 0 unspecified atom stereocenters. The molecular weight excluding hydrogens is 242 g/mol. The fourth-order valence-corrected chi connectivity index (χ4v) is 1.96. The summed E-state index contributed by atoms with van der Waals surface area (Å²) in [5.41, 5.74) is 4.31. The van der Waals surface area contributed by atoms with Gasteiger partial charge >= 0.3 is 0 Å². The Hall–Kier alpha value is -1.63. The van der Waals surface area contributed by atoms with Gasteiger partial charge in [0.15, 0.2) is 0 Å². The van der Waals surface area contributed by atoms with E-state index in [2.05, 4.69) is 46.6 Å². The van der Waals surface area contributed by atoms with Crippen LogP contribution in [0.2, 0.25) is 0 Å². The molecule has 0 radical (unpaired) electrons. The standard InChI is InChI=1S/C19H29N/c1-7-10-18(17(6)14-20)13-19(16(5)8-2)12-9-11-15(3)4/h7-8,13-15,20H,1-2,6,9-12H2,3-5H3/b18-13-,19-16-,20-14?. The van der Waals surface area contributed by atoms with E-state index in [0.717, 1.165) is 29.9 Å². The van der Waals surface area contributed by atoms with E-state index in [-0.39, 0.29) is 0 Å². The molecule has 0 saturated heterocycles. The first-order valence-corrected chi connectivity index (χ1v) is 7.29. The Morgan fingerprint density at radius 1 is 1.25 bits per heavy atom. The molecule has 0 aromatic carbocycles. The molecule has 0 aliphatic rings. The van der Waals surface area contributed by atoms with Crippen LogP contribution in [0.1, 0.15) is 46.5 Å². The second-order valence-electron chi connectivity index (χ2n) is 5.53. The van der Waals surface area contributed by atoms with Gasteiger partial charge in [-0.25, -0.2) is 0 Å². The van der Waals surface area contributed by atoms with Crippen LogP contribution in [0, 0.1) is 11.3 Å². The lowest BCUT2D eigenvalue weighted by Crippen LogP contribution is -1.94. The van der Waals surface area contributed by atoms with Crippen LogP contribution in [-0.4, -0.2) is 6.21 Å². The third-order valence-corrected chi connectivity index (χ3v) is 3.34. The average molecular weight is 271 g/mol. The molecule has 0 heterocycles. The molecule has 0 aromatic heterocycles. The Bertz CT molecular complexity index is 419. The van der Waals surface area contributed by atoms with Gasteiger partial charge in [0.2, 0.25) is 0 Å². The van der Waals surface area contributed by atoms with E-state index in [4.69, 9.17) is 5.41 Å². The number of hydrogen-bond acceptors (Lipinski definition) is 1. The maximum absolute atomic E-state index is 7.37. The Labute approximate surface area is 125 Å². The monoisotopic (exact) mass is 271 g/mol. The Kier molecular flexibility index (Phi) is 9.36. The minimum atomic E-state index is 0.730. The first kappa shape index (κ1) is 18.4. The molecule has 1 nitrogen and oxygen atoms in total. The highest BCUT2D eigenvalue weighted by Gasteiger charge is 2.04. The zero-order valence-electron chi connectivity index (χ0n) is 13.3. The summed E-state index contributed by atoms with van der Waals surface area (Å²) in [5.74, 6) is 0.730. The van der Waals surface area contributed by atoms with E-state index in [1.165, 1.54) is 30.2 Å². The highest BCUT2D eigenvalue weighted by molar-refractivity contribution is 5.81. The van der Waals surface area contributed by atoms with Gasteiger partial charge in [0.25, 0.3) is 0 Å². The molecular formula is C19H29N. The van der Waals surface area contributed by atoms with Crippen molar-refractivity contribution in [3.05, 3.63) is 60.3 Å². The minimum Gasteiger partial charge on any atom is -0.308 e. The molecule has 110 valence electrons. The van der Waals surface area contributed by atoms with E-state index in [0.29, 0.717) is 0 Å². The van der Waals surface area contributed by atoms with Crippen LogP contribution in [0.4, 0.5) is 0 Å². The van der Waals surface area contributed by atoms with Crippen molar-refractivity contribution < 1.29 is 0 Å². The van der Waals surface area contributed by atoms with E-state index in [1.807, 2.05) is 12.2 Å². The lowest BCUT2D eigenvalue weighted by molar-refractivity contribution is 0.556. The Morgan fingerprint density at radius 2 is 1.90 bits per heavy atom. The van der Waals surface area contributed by atoms with Gasteiger partial charge in [-0.3, -0.25) is 0 Å². The molecule has 0 amide bonds. The average Bonchev–Trinajstić information content (AvgIpc) is 2.43. The molecule has 0 bridgehead atoms. The lowest BCUT2D eigenvalue weighted by atomic mass is 9.95.